The van der Waals surface area contributed by atoms with Crippen LogP contribution < -0.4 is 10.6 Å². The van der Waals surface area contributed by atoms with Gasteiger partial charge in [-0.3, -0.25) is 10.2 Å². The quantitative estimate of drug-likeness (QED) is 0.874. The summed E-state index contributed by atoms with van der Waals surface area (Å²) in [4.78, 5) is 14.4. The van der Waals surface area contributed by atoms with E-state index < -0.39 is 0 Å². The summed E-state index contributed by atoms with van der Waals surface area (Å²) in [5, 5.41) is 14.9. The maximum atomic E-state index is 11.9. The Morgan fingerprint density at radius 2 is 2.17 bits per heavy atom. The van der Waals surface area contributed by atoms with E-state index in [0.29, 0.717) is 17.6 Å². The molecular formula is C17H23N5OS. The number of nitrogens with zero attached hydrogens (tertiary/aromatic N) is 3. The molecule has 24 heavy (non-hydrogen) atoms. The van der Waals surface area contributed by atoms with E-state index in [4.69, 9.17) is 0 Å². The van der Waals surface area contributed by atoms with Crippen LogP contribution in [0.1, 0.15) is 23.4 Å². The number of piperidine rings is 1. The Hall–Kier alpha value is -1.99. The Morgan fingerprint density at radius 1 is 1.33 bits per heavy atom. The Morgan fingerprint density at radius 3 is 2.92 bits per heavy atom. The van der Waals surface area contributed by atoms with Crippen LogP contribution in [0.5, 0.6) is 0 Å². The van der Waals surface area contributed by atoms with E-state index in [-0.39, 0.29) is 6.03 Å². The molecule has 1 saturated heterocycles. The van der Waals surface area contributed by atoms with E-state index in [2.05, 4.69) is 50.0 Å². The molecule has 0 aliphatic carbocycles. The van der Waals surface area contributed by atoms with E-state index in [9.17, 15) is 4.79 Å². The number of carbonyl (C=O) groups is 1. The molecule has 2 N–H and O–H groups in total. The van der Waals surface area contributed by atoms with Gasteiger partial charge in [0.1, 0.15) is 5.01 Å². The lowest BCUT2D eigenvalue weighted by Crippen LogP contribution is -2.41. The van der Waals surface area contributed by atoms with Crippen molar-refractivity contribution in [3.63, 3.8) is 0 Å². The van der Waals surface area contributed by atoms with Gasteiger partial charge in [-0.05, 0) is 37.8 Å². The lowest BCUT2D eigenvalue weighted by Gasteiger charge is -2.32. The number of nitrogens with one attached hydrogen (secondary N) is 2. The van der Waals surface area contributed by atoms with Gasteiger partial charge in [0.05, 0.1) is 0 Å². The van der Waals surface area contributed by atoms with Gasteiger partial charge >= 0.3 is 6.03 Å². The van der Waals surface area contributed by atoms with Gasteiger partial charge < -0.3 is 5.32 Å². The van der Waals surface area contributed by atoms with Crippen molar-refractivity contribution in [2.75, 3.05) is 25.0 Å². The van der Waals surface area contributed by atoms with E-state index in [1.54, 1.807) is 0 Å². The second-order valence-corrected chi connectivity index (χ2v) is 7.37. The summed E-state index contributed by atoms with van der Waals surface area (Å²) >= 11 is 1.38. The molecule has 2 amide bonds. The predicted molar refractivity (Wildman–Crippen MR) is 96.1 cm³/mol. The van der Waals surface area contributed by atoms with Crippen LogP contribution in [0.2, 0.25) is 0 Å². The fourth-order valence-corrected chi connectivity index (χ4v) is 3.62. The van der Waals surface area contributed by atoms with Gasteiger partial charge in [-0.1, -0.05) is 41.7 Å². The number of aromatic nitrogens is 2. The van der Waals surface area contributed by atoms with Gasteiger partial charge in [0.15, 0.2) is 0 Å². The first-order valence-electron chi connectivity index (χ1n) is 8.30. The Balaban J connectivity index is 1.42. The molecule has 1 aliphatic rings. The zero-order valence-electron chi connectivity index (χ0n) is 13.9. The molecule has 0 unspecified atom stereocenters. The third kappa shape index (κ3) is 5.01. The van der Waals surface area contributed by atoms with Crippen molar-refractivity contribution in [2.24, 2.45) is 5.92 Å². The summed E-state index contributed by atoms with van der Waals surface area (Å²) < 4.78 is 0. The summed E-state index contributed by atoms with van der Waals surface area (Å²) in [5.74, 6) is 0.490. The first kappa shape index (κ1) is 16.9. The average molecular weight is 345 g/mol. The molecule has 2 heterocycles. The third-order valence-electron chi connectivity index (χ3n) is 4.15. The molecule has 0 bridgehead atoms. The fourth-order valence-electron chi connectivity index (χ4n) is 3.03. The highest BCUT2D eigenvalue weighted by molar-refractivity contribution is 7.15. The summed E-state index contributed by atoms with van der Waals surface area (Å²) in [6, 6.07) is 10.3. The summed E-state index contributed by atoms with van der Waals surface area (Å²) in [5.41, 5.74) is 1.34. The molecule has 3 rings (SSSR count). The van der Waals surface area contributed by atoms with E-state index in [0.717, 1.165) is 31.1 Å². The summed E-state index contributed by atoms with van der Waals surface area (Å²) in [6.45, 7) is 5.68. The topological polar surface area (TPSA) is 70.1 Å². The summed E-state index contributed by atoms with van der Waals surface area (Å²) in [7, 11) is 0. The highest BCUT2D eigenvalue weighted by Crippen LogP contribution is 2.18. The second-order valence-electron chi connectivity index (χ2n) is 6.19. The Kier molecular flexibility index (Phi) is 5.77. The number of carbonyl (C=O) groups excluding carboxylic acids is 1. The molecule has 0 radical (unpaired) electrons. The summed E-state index contributed by atoms with van der Waals surface area (Å²) in [6.07, 6.45) is 2.33. The van der Waals surface area contributed by atoms with Crippen molar-refractivity contribution in [1.29, 1.82) is 0 Å². The van der Waals surface area contributed by atoms with Gasteiger partial charge in [0, 0.05) is 19.6 Å². The molecule has 7 heteroatoms. The standard InChI is InChI=1S/C17H23N5OS/c1-13-20-21-17(24-13)19-16(23)18-10-15-8-5-9-22(12-15)11-14-6-3-2-4-7-14/h2-4,6-7,15H,5,8-12H2,1H3,(H2,18,19,21,23)/t15-/m1/s1. The monoisotopic (exact) mass is 345 g/mol. The average Bonchev–Trinajstić information content (AvgIpc) is 2.99. The number of rotatable bonds is 5. The number of amides is 2. The van der Waals surface area contributed by atoms with Crippen LogP contribution in [0.15, 0.2) is 30.3 Å². The third-order valence-corrected chi connectivity index (χ3v) is 4.90. The zero-order valence-corrected chi connectivity index (χ0v) is 14.7. The Bertz CT molecular complexity index is 660. The van der Waals surface area contributed by atoms with E-state index >= 15 is 0 Å². The maximum Gasteiger partial charge on any atom is 0.321 e. The maximum absolute atomic E-state index is 11.9. The highest BCUT2D eigenvalue weighted by atomic mass is 32.1. The van der Waals surface area contributed by atoms with Gasteiger partial charge in [0.25, 0.3) is 0 Å². The molecule has 128 valence electrons. The van der Waals surface area contributed by atoms with E-state index in [1.165, 1.54) is 23.3 Å². The molecule has 1 aromatic carbocycles. The van der Waals surface area contributed by atoms with Gasteiger partial charge in [-0.15, -0.1) is 10.2 Å². The second kappa shape index (κ2) is 8.21. The van der Waals surface area contributed by atoms with Crippen LogP contribution in [0, 0.1) is 12.8 Å². The van der Waals surface area contributed by atoms with Crippen LogP contribution in [0.3, 0.4) is 0 Å². The van der Waals surface area contributed by atoms with Crippen LogP contribution in [-0.4, -0.2) is 40.8 Å². The molecular weight excluding hydrogens is 322 g/mol. The van der Waals surface area contributed by atoms with Crippen molar-refractivity contribution < 1.29 is 4.79 Å². The Labute approximate surface area is 146 Å². The lowest BCUT2D eigenvalue weighted by atomic mass is 9.97. The first-order chi connectivity index (χ1) is 11.7. The van der Waals surface area contributed by atoms with Crippen molar-refractivity contribution >= 4 is 22.5 Å². The number of likely N-dealkylation sites (tertiary alicyclic amines) is 1. The lowest BCUT2D eigenvalue weighted by molar-refractivity contribution is 0.166. The van der Waals surface area contributed by atoms with Gasteiger partial charge in [0.2, 0.25) is 5.13 Å². The molecule has 1 aliphatic heterocycles. The molecule has 0 spiro atoms. The molecule has 2 aromatic rings. The molecule has 1 aromatic heterocycles. The zero-order chi connectivity index (χ0) is 16.8. The SMILES string of the molecule is Cc1nnc(NC(=O)NC[C@H]2CCCN(Cc3ccccc3)C2)s1. The molecule has 0 saturated carbocycles. The molecule has 1 fully saturated rings. The normalized spacial score (nSPS) is 18.3. The van der Waals surface area contributed by atoms with Crippen LogP contribution >= 0.6 is 11.3 Å². The molecule has 6 nitrogen and oxygen atoms in total. The molecule has 1 atom stereocenters. The van der Waals surface area contributed by atoms with Crippen molar-refractivity contribution in [1.82, 2.24) is 20.4 Å². The number of aryl methyl sites for hydroxylation is 1. The minimum Gasteiger partial charge on any atom is -0.337 e. The van der Waals surface area contributed by atoms with Crippen LogP contribution in [0.25, 0.3) is 0 Å². The minimum atomic E-state index is -0.202. The fraction of sp³-hybridized carbons (Fsp3) is 0.471. The number of anilines is 1. The number of hydrogen-bond donors (Lipinski definition) is 2. The first-order valence-corrected chi connectivity index (χ1v) is 9.12. The number of hydrogen-bond acceptors (Lipinski definition) is 5. The van der Waals surface area contributed by atoms with Crippen LogP contribution in [0.4, 0.5) is 9.93 Å². The van der Waals surface area contributed by atoms with E-state index in [1.807, 2.05) is 13.0 Å². The number of benzene rings is 1. The van der Waals surface area contributed by atoms with Crippen molar-refractivity contribution in [2.45, 2.75) is 26.3 Å². The number of urea groups is 1. The van der Waals surface area contributed by atoms with Crippen LogP contribution in [-0.2, 0) is 6.54 Å². The van der Waals surface area contributed by atoms with Crippen molar-refractivity contribution in [3.8, 4) is 0 Å². The smallest absolute Gasteiger partial charge is 0.321 e. The minimum absolute atomic E-state index is 0.202. The highest BCUT2D eigenvalue weighted by Gasteiger charge is 2.20. The van der Waals surface area contributed by atoms with Gasteiger partial charge in [-0.2, -0.15) is 0 Å². The van der Waals surface area contributed by atoms with Crippen molar-refractivity contribution in [3.05, 3.63) is 40.9 Å². The predicted octanol–water partition coefficient (Wildman–Crippen LogP) is 2.88. The van der Waals surface area contributed by atoms with Gasteiger partial charge in [-0.25, -0.2) is 4.79 Å². The largest absolute Gasteiger partial charge is 0.337 e.